The molecule has 6 heteroatoms. The second-order valence-electron chi connectivity index (χ2n) is 5.82. The van der Waals surface area contributed by atoms with Crippen LogP contribution in [-0.4, -0.2) is 47.6 Å². The molecule has 0 bridgehead atoms. The molecule has 2 aromatic rings. The predicted octanol–water partition coefficient (Wildman–Crippen LogP) is 2.60. The van der Waals surface area contributed by atoms with Gasteiger partial charge in [-0.15, -0.1) is 11.3 Å². The Balaban J connectivity index is 2.11. The molecule has 0 aliphatic heterocycles. The van der Waals surface area contributed by atoms with Crippen LogP contribution in [0, 0.1) is 20.8 Å². The number of benzene rings is 1. The number of aromatic nitrogens is 1. The average Bonchev–Trinajstić information content (AvgIpc) is 2.85. The van der Waals surface area contributed by atoms with Gasteiger partial charge in [0.05, 0.1) is 18.8 Å². The molecule has 0 unspecified atom stereocenters. The number of amides is 1. The number of rotatable bonds is 6. The highest BCUT2D eigenvalue weighted by Gasteiger charge is 2.13. The smallest absolute Gasteiger partial charge is 0.240 e. The quantitative estimate of drug-likeness (QED) is 0.853. The normalized spacial score (nSPS) is 11.0. The van der Waals surface area contributed by atoms with Crippen molar-refractivity contribution in [3.63, 3.8) is 0 Å². The largest absolute Gasteiger partial charge is 0.395 e. The summed E-state index contributed by atoms with van der Waals surface area (Å²) < 4.78 is 0. The maximum Gasteiger partial charge on any atom is 0.240 e. The number of likely N-dealkylation sites (N-methyl/N-ethyl adjacent to an activating group) is 1. The van der Waals surface area contributed by atoms with Gasteiger partial charge in [-0.25, -0.2) is 4.98 Å². The molecule has 124 valence electrons. The Morgan fingerprint density at radius 3 is 2.57 bits per heavy atom. The van der Waals surface area contributed by atoms with E-state index in [0.717, 1.165) is 11.3 Å². The minimum Gasteiger partial charge on any atom is -0.395 e. The first-order valence-electron chi connectivity index (χ1n) is 7.53. The monoisotopic (exact) mass is 333 g/mol. The standard InChI is InChI=1S/C17H23N3O2S/c1-11-7-12(2)16(13(3)8-11)14-10-23-17(18-14)19-15(22)9-20(4)5-6-21/h7-8,10,21H,5-6,9H2,1-4H3,(H,18,19,22). The maximum atomic E-state index is 12.0. The molecule has 2 N–H and O–H groups in total. The summed E-state index contributed by atoms with van der Waals surface area (Å²) in [4.78, 5) is 18.3. The van der Waals surface area contributed by atoms with Crippen LogP contribution in [0.1, 0.15) is 16.7 Å². The molecule has 1 aromatic carbocycles. The van der Waals surface area contributed by atoms with E-state index < -0.39 is 0 Å². The Morgan fingerprint density at radius 2 is 1.96 bits per heavy atom. The van der Waals surface area contributed by atoms with Crippen molar-refractivity contribution in [2.24, 2.45) is 0 Å². The van der Waals surface area contributed by atoms with Crippen molar-refractivity contribution < 1.29 is 9.90 Å². The van der Waals surface area contributed by atoms with Gasteiger partial charge in [0, 0.05) is 17.5 Å². The zero-order valence-corrected chi connectivity index (χ0v) is 14.8. The van der Waals surface area contributed by atoms with Gasteiger partial charge in [-0.05, 0) is 38.9 Å². The Hall–Kier alpha value is -1.76. The van der Waals surface area contributed by atoms with Gasteiger partial charge >= 0.3 is 0 Å². The van der Waals surface area contributed by atoms with E-state index >= 15 is 0 Å². The molecule has 23 heavy (non-hydrogen) atoms. The number of aliphatic hydroxyl groups is 1. The van der Waals surface area contributed by atoms with Crippen molar-refractivity contribution in [3.8, 4) is 11.3 Å². The fourth-order valence-electron chi connectivity index (χ4n) is 2.68. The van der Waals surface area contributed by atoms with Crippen molar-refractivity contribution >= 4 is 22.4 Å². The number of hydrogen-bond acceptors (Lipinski definition) is 5. The minimum absolute atomic E-state index is 0.0388. The van der Waals surface area contributed by atoms with Crippen LogP contribution in [-0.2, 0) is 4.79 Å². The molecule has 0 saturated heterocycles. The summed E-state index contributed by atoms with van der Waals surface area (Å²) in [6.45, 7) is 6.99. The lowest BCUT2D eigenvalue weighted by molar-refractivity contribution is -0.117. The van der Waals surface area contributed by atoms with Crippen LogP contribution < -0.4 is 5.32 Å². The molecule has 1 heterocycles. The van der Waals surface area contributed by atoms with E-state index in [2.05, 4.69) is 43.2 Å². The van der Waals surface area contributed by atoms with Crippen LogP contribution in [0.2, 0.25) is 0 Å². The molecule has 1 aromatic heterocycles. The summed E-state index contributed by atoms with van der Waals surface area (Å²) in [5, 5.41) is 14.2. The second kappa shape index (κ2) is 7.68. The van der Waals surface area contributed by atoms with E-state index in [9.17, 15) is 4.79 Å². The number of anilines is 1. The molecule has 0 aliphatic rings. The summed E-state index contributed by atoms with van der Waals surface area (Å²) in [7, 11) is 1.79. The van der Waals surface area contributed by atoms with E-state index in [0.29, 0.717) is 11.7 Å². The number of carbonyl (C=O) groups excluding carboxylic acids is 1. The van der Waals surface area contributed by atoms with Crippen LogP contribution in [0.3, 0.4) is 0 Å². The summed E-state index contributed by atoms with van der Waals surface area (Å²) in [6, 6.07) is 4.29. The van der Waals surface area contributed by atoms with E-state index in [1.165, 1.54) is 28.0 Å². The molecule has 2 rings (SSSR count). The van der Waals surface area contributed by atoms with Crippen LogP contribution >= 0.6 is 11.3 Å². The summed E-state index contributed by atoms with van der Waals surface area (Å²) >= 11 is 1.42. The van der Waals surface area contributed by atoms with Crippen LogP contribution in [0.4, 0.5) is 5.13 Å². The number of nitrogens with zero attached hydrogens (tertiary/aromatic N) is 2. The van der Waals surface area contributed by atoms with E-state index in [-0.39, 0.29) is 19.1 Å². The van der Waals surface area contributed by atoms with Crippen LogP contribution in [0.15, 0.2) is 17.5 Å². The number of aryl methyl sites for hydroxylation is 3. The van der Waals surface area contributed by atoms with Crippen molar-refractivity contribution in [1.82, 2.24) is 9.88 Å². The highest BCUT2D eigenvalue weighted by molar-refractivity contribution is 7.14. The zero-order chi connectivity index (χ0) is 17.0. The molecule has 0 fully saturated rings. The van der Waals surface area contributed by atoms with Crippen molar-refractivity contribution in [1.29, 1.82) is 0 Å². The first-order chi connectivity index (χ1) is 10.9. The Kier molecular flexibility index (Phi) is 5.87. The molecule has 5 nitrogen and oxygen atoms in total. The number of thiazole rings is 1. The van der Waals surface area contributed by atoms with E-state index in [1.807, 2.05) is 5.38 Å². The van der Waals surface area contributed by atoms with Gasteiger partial charge in [0.2, 0.25) is 5.91 Å². The third-order valence-electron chi connectivity index (χ3n) is 3.58. The number of aliphatic hydroxyl groups excluding tert-OH is 1. The third-order valence-corrected chi connectivity index (χ3v) is 4.34. The maximum absolute atomic E-state index is 12.0. The van der Waals surface area contributed by atoms with Gasteiger partial charge in [-0.3, -0.25) is 9.69 Å². The Bertz CT molecular complexity index is 674. The van der Waals surface area contributed by atoms with Gasteiger partial charge in [0.1, 0.15) is 0 Å². The number of carbonyl (C=O) groups is 1. The van der Waals surface area contributed by atoms with Gasteiger partial charge in [0.15, 0.2) is 5.13 Å². The molecule has 1 amide bonds. The van der Waals surface area contributed by atoms with Crippen molar-refractivity contribution in [2.75, 3.05) is 32.1 Å². The lowest BCUT2D eigenvalue weighted by atomic mass is 9.98. The van der Waals surface area contributed by atoms with Crippen molar-refractivity contribution in [2.45, 2.75) is 20.8 Å². The van der Waals surface area contributed by atoms with Gasteiger partial charge in [-0.2, -0.15) is 0 Å². The molecular formula is C17H23N3O2S. The number of nitrogens with one attached hydrogen (secondary N) is 1. The van der Waals surface area contributed by atoms with Gasteiger partial charge in [0.25, 0.3) is 0 Å². The van der Waals surface area contributed by atoms with Gasteiger partial charge < -0.3 is 10.4 Å². The highest BCUT2D eigenvalue weighted by atomic mass is 32.1. The lowest BCUT2D eigenvalue weighted by Crippen LogP contribution is -2.32. The van der Waals surface area contributed by atoms with E-state index in [1.54, 1.807) is 11.9 Å². The molecule has 0 spiro atoms. The SMILES string of the molecule is Cc1cc(C)c(-c2csc(NC(=O)CN(C)CCO)n2)c(C)c1. The molecular weight excluding hydrogens is 310 g/mol. The first kappa shape index (κ1) is 17.6. The highest BCUT2D eigenvalue weighted by Crippen LogP contribution is 2.30. The third kappa shape index (κ3) is 4.60. The first-order valence-corrected chi connectivity index (χ1v) is 8.41. The zero-order valence-electron chi connectivity index (χ0n) is 14.0. The summed E-state index contributed by atoms with van der Waals surface area (Å²) in [5.41, 5.74) is 5.63. The Morgan fingerprint density at radius 1 is 1.30 bits per heavy atom. The minimum atomic E-state index is -0.126. The second-order valence-corrected chi connectivity index (χ2v) is 6.68. The van der Waals surface area contributed by atoms with Gasteiger partial charge in [-0.1, -0.05) is 17.7 Å². The van der Waals surface area contributed by atoms with Crippen LogP contribution in [0.25, 0.3) is 11.3 Å². The predicted molar refractivity (Wildman–Crippen MR) is 95.0 cm³/mol. The fourth-order valence-corrected chi connectivity index (χ4v) is 3.40. The topological polar surface area (TPSA) is 65.5 Å². The molecule has 0 radical (unpaired) electrons. The van der Waals surface area contributed by atoms with Crippen molar-refractivity contribution in [3.05, 3.63) is 34.2 Å². The van der Waals surface area contributed by atoms with Crippen LogP contribution in [0.5, 0.6) is 0 Å². The molecule has 0 atom stereocenters. The molecule has 0 saturated carbocycles. The lowest BCUT2D eigenvalue weighted by Gasteiger charge is -2.13. The fraction of sp³-hybridized carbons (Fsp3) is 0.412. The Labute approximate surface area is 141 Å². The number of hydrogen-bond donors (Lipinski definition) is 2. The van der Waals surface area contributed by atoms with E-state index in [4.69, 9.17) is 5.11 Å². The average molecular weight is 333 g/mol. The summed E-state index contributed by atoms with van der Waals surface area (Å²) in [5.74, 6) is -0.126. The molecule has 0 aliphatic carbocycles. The summed E-state index contributed by atoms with van der Waals surface area (Å²) in [6.07, 6.45) is 0.